The predicted octanol–water partition coefficient (Wildman–Crippen LogP) is 3.23. The van der Waals surface area contributed by atoms with E-state index in [1.54, 1.807) is 19.1 Å². The average molecular weight is 200 g/mol. The van der Waals surface area contributed by atoms with E-state index in [0.29, 0.717) is 12.2 Å². The van der Waals surface area contributed by atoms with Crippen molar-refractivity contribution in [3.8, 4) is 5.75 Å². The summed E-state index contributed by atoms with van der Waals surface area (Å²) < 4.78 is 12.4. The summed E-state index contributed by atoms with van der Waals surface area (Å²) in [5.41, 5.74) is 0. The molecule has 72 valence electrons. The van der Waals surface area contributed by atoms with E-state index in [9.17, 15) is 9.50 Å². The molecule has 0 heterocycles. The number of hydrogen-bond donors (Lipinski definition) is 1. The van der Waals surface area contributed by atoms with E-state index in [1.165, 1.54) is 11.8 Å². The molecule has 0 saturated heterocycles. The van der Waals surface area contributed by atoms with Crippen LogP contribution in [0.15, 0.2) is 29.2 Å². The Hall–Kier alpha value is -0.700. The number of benzene rings is 1. The Morgan fingerprint density at radius 3 is 2.77 bits per heavy atom. The fourth-order valence-electron chi connectivity index (χ4n) is 0.910. The molecule has 1 nitrogen and oxygen atoms in total. The first-order valence-electron chi connectivity index (χ1n) is 4.25. The second-order valence-electron chi connectivity index (χ2n) is 2.89. The van der Waals surface area contributed by atoms with Gasteiger partial charge in [-0.3, -0.25) is 0 Å². The molecule has 1 aromatic carbocycles. The van der Waals surface area contributed by atoms with Crippen molar-refractivity contribution in [3.05, 3.63) is 24.3 Å². The van der Waals surface area contributed by atoms with Gasteiger partial charge >= 0.3 is 0 Å². The van der Waals surface area contributed by atoms with Gasteiger partial charge in [0.1, 0.15) is 5.75 Å². The van der Waals surface area contributed by atoms with E-state index < -0.39 is 6.17 Å². The molecule has 0 saturated carbocycles. The van der Waals surface area contributed by atoms with Crippen LogP contribution in [-0.2, 0) is 0 Å². The van der Waals surface area contributed by atoms with Gasteiger partial charge in [0.25, 0.3) is 0 Å². The predicted molar refractivity (Wildman–Crippen MR) is 54.0 cm³/mol. The highest BCUT2D eigenvalue weighted by Gasteiger charge is 2.02. The molecule has 0 bridgehead atoms. The fraction of sp³-hybridized carbons (Fsp3) is 0.400. The quantitative estimate of drug-likeness (QED) is 0.753. The maximum Gasteiger partial charge on any atom is 0.129 e. The van der Waals surface area contributed by atoms with Crippen molar-refractivity contribution < 1.29 is 9.50 Å². The Bertz CT molecular complexity index is 263. The summed E-state index contributed by atoms with van der Waals surface area (Å²) in [6.07, 6.45) is -0.239. The number of phenols is 1. The lowest BCUT2D eigenvalue weighted by atomic mass is 10.3. The van der Waals surface area contributed by atoms with Gasteiger partial charge in [-0.1, -0.05) is 12.1 Å². The normalized spacial score (nSPS) is 12.8. The number of thioether (sulfide) groups is 1. The summed E-state index contributed by atoms with van der Waals surface area (Å²) in [4.78, 5) is 0.822. The van der Waals surface area contributed by atoms with E-state index in [1.807, 2.05) is 12.1 Å². The zero-order chi connectivity index (χ0) is 9.68. The minimum atomic E-state index is -0.765. The van der Waals surface area contributed by atoms with Crippen molar-refractivity contribution in [2.24, 2.45) is 0 Å². The summed E-state index contributed by atoms with van der Waals surface area (Å²) in [5.74, 6) is 0.980. The molecule has 0 aliphatic carbocycles. The van der Waals surface area contributed by atoms with Crippen molar-refractivity contribution in [2.45, 2.75) is 24.4 Å². The zero-order valence-corrected chi connectivity index (χ0v) is 8.35. The summed E-state index contributed by atoms with van der Waals surface area (Å²) >= 11 is 1.49. The first-order chi connectivity index (χ1) is 6.20. The first kappa shape index (κ1) is 10.4. The molecule has 0 radical (unpaired) electrons. The Balaban J connectivity index is 2.41. The van der Waals surface area contributed by atoms with Gasteiger partial charge in [-0.2, -0.15) is 0 Å². The van der Waals surface area contributed by atoms with Crippen LogP contribution in [-0.4, -0.2) is 17.0 Å². The number of alkyl halides is 1. The second kappa shape index (κ2) is 5.12. The highest BCUT2D eigenvalue weighted by Crippen LogP contribution is 2.28. The minimum absolute atomic E-state index is 0.277. The molecule has 1 N–H and O–H groups in total. The molecular formula is C10H13FOS. The molecule has 0 fully saturated rings. The Kier molecular flexibility index (Phi) is 4.09. The lowest BCUT2D eigenvalue weighted by molar-refractivity contribution is 0.354. The number of aromatic hydroxyl groups is 1. The molecular weight excluding hydrogens is 187 g/mol. The zero-order valence-electron chi connectivity index (χ0n) is 7.53. The molecule has 1 rings (SSSR count). The molecule has 0 amide bonds. The summed E-state index contributed by atoms with van der Waals surface area (Å²) in [6, 6.07) is 7.11. The van der Waals surface area contributed by atoms with Gasteiger partial charge < -0.3 is 5.11 Å². The average Bonchev–Trinajstić information content (AvgIpc) is 2.08. The smallest absolute Gasteiger partial charge is 0.129 e. The van der Waals surface area contributed by atoms with Gasteiger partial charge in [-0.25, -0.2) is 4.39 Å². The highest BCUT2D eigenvalue weighted by molar-refractivity contribution is 7.99. The van der Waals surface area contributed by atoms with Gasteiger partial charge in [0.05, 0.1) is 6.17 Å². The maximum absolute atomic E-state index is 12.4. The van der Waals surface area contributed by atoms with Crippen molar-refractivity contribution in [1.29, 1.82) is 0 Å². The van der Waals surface area contributed by atoms with Crippen molar-refractivity contribution >= 4 is 11.8 Å². The lowest BCUT2D eigenvalue weighted by Gasteiger charge is -2.03. The van der Waals surface area contributed by atoms with Crippen LogP contribution in [0.25, 0.3) is 0 Å². The second-order valence-corrected chi connectivity index (χ2v) is 4.02. The first-order valence-corrected chi connectivity index (χ1v) is 5.23. The van der Waals surface area contributed by atoms with E-state index >= 15 is 0 Å². The Labute approximate surface area is 82.0 Å². The van der Waals surface area contributed by atoms with Crippen molar-refractivity contribution in [3.63, 3.8) is 0 Å². The fourth-order valence-corrected chi connectivity index (χ4v) is 1.96. The van der Waals surface area contributed by atoms with Crippen LogP contribution in [0, 0.1) is 0 Å². The van der Waals surface area contributed by atoms with Gasteiger partial charge in [0.15, 0.2) is 0 Å². The third-order valence-corrected chi connectivity index (χ3v) is 2.73. The number of para-hydroxylation sites is 1. The standard InChI is InChI=1S/C10H13FOS/c1-8(11)6-7-13-10-5-3-2-4-9(10)12/h2-5,8,12H,6-7H2,1H3. The summed E-state index contributed by atoms with van der Waals surface area (Å²) in [5, 5.41) is 9.36. The SMILES string of the molecule is CC(F)CCSc1ccccc1O. The molecule has 1 aromatic rings. The van der Waals surface area contributed by atoms with E-state index in [0.717, 1.165) is 4.90 Å². The number of hydrogen-bond acceptors (Lipinski definition) is 2. The van der Waals surface area contributed by atoms with Crippen LogP contribution >= 0.6 is 11.8 Å². The van der Waals surface area contributed by atoms with Crippen LogP contribution < -0.4 is 0 Å². The summed E-state index contributed by atoms with van der Waals surface area (Å²) in [7, 11) is 0. The van der Waals surface area contributed by atoms with Gasteiger partial charge in [-0.05, 0) is 25.5 Å². The van der Waals surface area contributed by atoms with Crippen molar-refractivity contribution in [2.75, 3.05) is 5.75 Å². The van der Waals surface area contributed by atoms with E-state index in [2.05, 4.69) is 0 Å². The topological polar surface area (TPSA) is 20.2 Å². The van der Waals surface area contributed by atoms with Gasteiger partial charge in [-0.15, -0.1) is 11.8 Å². The molecule has 0 aliphatic heterocycles. The van der Waals surface area contributed by atoms with E-state index in [4.69, 9.17) is 0 Å². The molecule has 13 heavy (non-hydrogen) atoms. The third kappa shape index (κ3) is 3.68. The number of rotatable bonds is 4. The van der Waals surface area contributed by atoms with Crippen LogP contribution in [0.4, 0.5) is 4.39 Å². The third-order valence-electron chi connectivity index (χ3n) is 1.64. The molecule has 3 heteroatoms. The molecule has 0 spiro atoms. The number of halogens is 1. The van der Waals surface area contributed by atoms with Gasteiger partial charge in [0.2, 0.25) is 0 Å². The maximum atomic E-state index is 12.4. The molecule has 1 atom stereocenters. The monoisotopic (exact) mass is 200 g/mol. The minimum Gasteiger partial charge on any atom is -0.507 e. The molecule has 0 aromatic heterocycles. The Morgan fingerprint density at radius 2 is 2.15 bits per heavy atom. The highest BCUT2D eigenvalue weighted by atomic mass is 32.2. The summed E-state index contributed by atoms with van der Waals surface area (Å²) in [6.45, 7) is 1.55. The largest absolute Gasteiger partial charge is 0.507 e. The van der Waals surface area contributed by atoms with Crippen molar-refractivity contribution in [1.82, 2.24) is 0 Å². The number of phenolic OH excluding ortho intramolecular Hbond substituents is 1. The van der Waals surface area contributed by atoms with Crippen LogP contribution in [0.3, 0.4) is 0 Å². The van der Waals surface area contributed by atoms with Crippen LogP contribution in [0.2, 0.25) is 0 Å². The Morgan fingerprint density at radius 1 is 1.46 bits per heavy atom. The van der Waals surface area contributed by atoms with Crippen LogP contribution in [0.1, 0.15) is 13.3 Å². The van der Waals surface area contributed by atoms with E-state index in [-0.39, 0.29) is 5.75 Å². The molecule has 1 unspecified atom stereocenters. The van der Waals surface area contributed by atoms with Crippen LogP contribution in [0.5, 0.6) is 5.75 Å². The van der Waals surface area contributed by atoms with Gasteiger partial charge in [0, 0.05) is 10.6 Å². The molecule has 0 aliphatic rings. The lowest BCUT2D eigenvalue weighted by Crippen LogP contribution is -1.93.